The Bertz CT molecular complexity index is 757. The number of amides is 3. The van der Waals surface area contributed by atoms with E-state index in [2.05, 4.69) is 0 Å². The Morgan fingerprint density at radius 2 is 1.96 bits per heavy atom. The van der Waals surface area contributed by atoms with E-state index in [9.17, 15) is 14.4 Å². The highest BCUT2D eigenvalue weighted by atomic mass is 32.2. The van der Waals surface area contributed by atoms with Crippen molar-refractivity contribution in [3.05, 3.63) is 28.7 Å². The van der Waals surface area contributed by atoms with Crippen LogP contribution in [0.5, 0.6) is 11.5 Å². The summed E-state index contributed by atoms with van der Waals surface area (Å²) in [5.74, 6) is 0.560. The second kappa shape index (κ2) is 7.18. The molecule has 1 aromatic carbocycles. The summed E-state index contributed by atoms with van der Waals surface area (Å²) in [4.78, 5) is 39.6. The normalized spacial score (nSPS) is 17.5. The van der Waals surface area contributed by atoms with E-state index in [1.165, 1.54) is 0 Å². The molecule has 7 nitrogen and oxygen atoms in total. The van der Waals surface area contributed by atoms with E-state index in [0.29, 0.717) is 24.6 Å². The number of carbonyl (C=O) groups is 3. The Kier molecular flexibility index (Phi) is 4.98. The molecule has 2 aliphatic heterocycles. The first-order valence-corrected chi connectivity index (χ1v) is 8.78. The summed E-state index contributed by atoms with van der Waals surface area (Å²) in [5, 5.41) is -0.433. The van der Waals surface area contributed by atoms with Gasteiger partial charge in [-0.25, -0.2) is 0 Å². The number of ether oxygens (including phenoxy) is 2. The van der Waals surface area contributed by atoms with Gasteiger partial charge in [0.2, 0.25) is 12.7 Å². The molecule has 1 saturated heterocycles. The highest BCUT2D eigenvalue weighted by Gasteiger charge is 2.36. The second-order valence-corrected chi connectivity index (χ2v) is 6.44. The van der Waals surface area contributed by atoms with Gasteiger partial charge in [-0.05, 0) is 49.4 Å². The summed E-state index contributed by atoms with van der Waals surface area (Å²) in [5.41, 5.74) is 0.727. The first-order chi connectivity index (χ1) is 12.0. The van der Waals surface area contributed by atoms with Crippen LogP contribution in [-0.2, 0) is 9.59 Å². The van der Waals surface area contributed by atoms with Gasteiger partial charge in [0, 0.05) is 13.1 Å². The molecule has 0 unspecified atom stereocenters. The number of benzene rings is 1. The van der Waals surface area contributed by atoms with Gasteiger partial charge >= 0.3 is 0 Å². The molecule has 25 heavy (non-hydrogen) atoms. The van der Waals surface area contributed by atoms with Gasteiger partial charge < -0.3 is 14.4 Å². The number of fused-ring (bicyclic) bond motifs is 1. The maximum atomic E-state index is 12.5. The van der Waals surface area contributed by atoms with Crippen molar-refractivity contribution < 1.29 is 23.9 Å². The predicted octanol–water partition coefficient (Wildman–Crippen LogP) is 2.32. The van der Waals surface area contributed by atoms with Gasteiger partial charge in [-0.3, -0.25) is 19.3 Å². The average Bonchev–Trinajstić information content (AvgIpc) is 3.16. The number of hydrogen-bond acceptors (Lipinski definition) is 6. The van der Waals surface area contributed by atoms with Gasteiger partial charge in [0.15, 0.2) is 11.5 Å². The molecule has 0 aliphatic carbocycles. The van der Waals surface area contributed by atoms with E-state index in [1.54, 1.807) is 29.2 Å². The Labute approximate surface area is 149 Å². The minimum absolute atomic E-state index is 0.169. The van der Waals surface area contributed by atoms with Crippen molar-refractivity contribution in [2.24, 2.45) is 0 Å². The molecule has 0 saturated carbocycles. The van der Waals surface area contributed by atoms with Crippen LogP contribution in [0, 0.1) is 0 Å². The third-order valence-corrected chi connectivity index (χ3v) is 4.88. The number of hydrogen-bond donors (Lipinski definition) is 0. The van der Waals surface area contributed by atoms with E-state index in [0.717, 1.165) is 22.2 Å². The van der Waals surface area contributed by atoms with Gasteiger partial charge in [0.25, 0.3) is 11.1 Å². The SMILES string of the molecule is CCN(CC)C(=O)CN1C(=O)S/C(=C\c2ccc3c(c2)OCO3)C1=O. The first kappa shape index (κ1) is 17.3. The van der Waals surface area contributed by atoms with Crippen molar-refractivity contribution in [3.8, 4) is 11.5 Å². The Hall–Kier alpha value is -2.48. The smallest absolute Gasteiger partial charge is 0.294 e. The molecule has 132 valence electrons. The molecule has 0 atom stereocenters. The van der Waals surface area contributed by atoms with Gasteiger partial charge in [0.05, 0.1) is 4.91 Å². The third-order valence-electron chi connectivity index (χ3n) is 3.98. The van der Waals surface area contributed by atoms with Crippen LogP contribution in [0.25, 0.3) is 6.08 Å². The number of thioether (sulfide) groups is 1. The van der Waals surface area contributed by atoms with Crippen LogP contribution < -0.4 is 9.47 Å². The van der Waals surface area contributed by atoms with Crippen LogP contribution >= 0.6 is 11.8 Å². The van der Waals surface area contributed by atoms with E-state index in [1.807, 2.05) is 13.8 Å². The zero-order chi connectivity index (χ0) is 18.0. The largest absolute Gasteiger partial charge is 0.454 e. The van der Waals surface area contributed by atoms with Crippen LogP contribution in [0.4, 0.5) is 4.79 Å². The van der Waals surface area contributed by atoms with Gasteiger partial charge in [-0.2, -0.15) is 0 Å². The van der Waals surface area contributed by atoms with E-state index in [4.69, 9.17) is 9.47 Å². The summed E-state index contributed by atoms with van der Waals surface area (Å²) < 4.78 is 10.6. The Morgan fingerprint density at radius 3 is 2.68 bits per heavy atom. The molecule has 1 aromatic rings. The molecule has 2 aliphatic rings. The monoisotopic (exact) mass is 362 g/mol. The maximum Gasteiger partial charge on any atom is 0.294 e. The summed E-state index contributed by atoms with van der Waals surface area (Å²) in [6.07, 6.45) is 1.62. The fraction of sp³-hybridized carbons (Fsp3) is 0.353. The molecule has 2 heterocycles. The number of rotatable bonds is 5. The quantitative estimate of drug-likeness (QED) is 0.748. The van der Waals surface area contributed by atoms with Crippen LogP contribution in [0.15, 0.2) is 23.1 Å². The first-order valence-electron chi connectivity index (χ1n) is 7.96. The van der Waals surface area contributed by atoms with Crippen molar-refractivity contribution in [3.63, 3.8) is 0 Å². The molecule has 8 heteroatoms. The lowest BCUT2D eigenvalue weighted by atomic mass is 10.2. The highest BCUT2D eigenvalue weighted by molar-refractivity contribution is 8.18. The second-order valence-electron chi connectivity index (χ2n) is 5.45. The van der Waals surface area contributed by atoms with Gasteiger partial charge in [0.1, 0.15) is 6.54 Å². The van der Waals surface area contributed by atoms with Crippen LogP contribution in [0.3, 0.4) is 0 Å². The molecule has 0 spiro atoms. The molecule has 1 fully saturated rings. The maximum absolute atomic E-state index is 12.5. The molecular weight excluding hydrogens is 344 g/mol. The van der Waals surface area contributed by atoms with Crippen LogP contribution in [0.1, 0.15) is 19.4 Å². The van der Waals surface area contributed by atoms with Crippen molar-refractivity contribution in [2.45, 2.75) is 13.8 Å². The molecule has 3 rings (SSSR count). The average molecular weight is 362 g/mol. The summed E-state index contributed by atoms with van der Waals surface area (Å²) in [6.45, 7) is 4.73. The minimum atomic E-state index is -0.451. The lowest BCUT2D eigenvalue weighted by Crippen LogP contribution is -2.41. The van der Waals surface area contributed by atoms with Crippen molar-refractivity contribution >= 4 is 34.9 Å². The number of imide groups is 1. The Balaban J connectivity index is 1.75. The molecule has 0 bridgehead atoms. The predicted molar refractivity (Wildman–Crippen MR) is 93.2 cm³/mol. The highest BCUT2D eigenvalue weighted by Crippen LogP contribution is 2.36. The zero-order valence-corrected chi connectivity index (χ0v) is 14.8. The zero-order valence-electron chi connectivity index (χ0n) is 14.0. The minimum Gasteiger partial charge on any atom is -0.454 e. The van der Waals surface area contributed by atoms with Crippen molar-refractivity contribution in [1.29, 1.82) is 0 Å². The molecule has 0 N–H and O–H groups in total. The lowest BCUT2D eigenvalue weighted by molar-refractivity contribution is -0.135. The number of carbonyl (C=O) groups excluding carboxylic acids is 3. The van der Waals surface area contributed by atoms with Crippen molar-refractivity contribution in [2.75, 3.05) is 26.4 Å². The fourth-order valence-electron chi connectivity index (χ4n) is 2.60. The van der Waals surface area contributed by atoms with E-state index >= 15 is 0 Å². The van der Waals surface area contributed by atoms with E-state index < -0.39 is 11.1 Å². The lowest BCUT2D eigenvalue weighted by Gasteiger charge is -2.21. The molecule has 0 aromatic heterocycles. The molecular formula is C17H18N2O5S. The van der Waals surface area contributed by atoms with Crippen LogP contribution in [0.2, 0.25) is 0 Å². The summed E-state index contributed by atoms with van der Waals surface area (Å²) in [6, 6.07) is 5.28. The Morgan fingerprint density at radius 1 is 1.24 bits per heavy atom. The summed E-state index contributed by atoms with van der Waals surface area (Å²) >= 11 is 0.835. The molecule has 0 radical (unpaired) electrons. The standard InChI is InChI=1S/C17H18N2O5S/c1-3-18(4-2)15(20)9-19-16(21)14(25-17(19)22)8-11-5-6-12-13(7-11)24-10-23-12/h5-8H,3-4,9-10H2,1-2H3/b14-8-. The summed E-state index contributed by atoms with van der Waals surface area (Å²) in [7, 11) is 0. The number of nitrogens with zero attached hydrogens (tertiary/aromatic N) is 2. The van der Waals surface area contributed by atoms with Gasteiger partial charge in [-0.1, -0.05) is 6.07 Å². The van der Waals surface area contributed by atoms with Gasteiger partial charge in [-0.15, -0.1) is 0 Å². The van der Waals surface area contributed by atoms with Crippen LogP contribution in [-0.4, -0.2) is 53.3 Å². The molecule has 3 amide bonds. The van der Waals surface area contributed by atoms with E-state index in [-0.39, 0.29) is 24.2 Å². The number of likely N-dealkylation sites (N-methyl/N-ethyl adjacent to an activating group) is 1. The van der Waals surface area contributed by atoms with Crippen molar-refractivity contribution in [1.82, 2.24) is 9.80 Å². The topological polar surface area (TPSA) is 76.2 Å². The fourth-order valence-corrected chi connectivity index (χ4v) is 3.44. The third kappa shape index (κ3) is 3.48.